The predicted molar refractivity (Wildman–Crippen MR) is 109 cm³/mol. The van der Waals surface area contributed by atoms with E-state index in [9.17, 15) is 0 Å². The van der Waals surface area contributed by atoms with Crippen LogP contribution in [0.4, 0.5) is 0 Å². The van der Waals surface area contributed by atoms with Crippen LogP contribution < -0.4 is 4.74 Å². The van der Waals surface area contributed by atoms with E-state index in [4.69, 9.17) is 4.74 Å². The van der Waals surface area contributed by atoms with E-state index in [1.165, 1.54) is 5.56 Å². The number of hydrogen-bond donors (Lipinski definition) is 0. The van der Waals surface area contributed by atoms with Crippen molar-refractivity contribution in [3.8, 4) is 22.7 Å². The van der Waals surface area contributed by atoms with E-state index in [2.05, 4.69) is 39.5 Å². The van der Waals surface area contributed by atoms with Gasteiger partial charge < -0.3 is 9.30 Å². The summed E-state index contributed by atoms with van der Waals surface area (Å²) in [5.74, 6) is 0.795. The van der Waals surface area contributed by atoms with E-state index in [0.29, 0.717) is 0 Å². The van der Waals surface area contributed by atoms with Gasteiger partial charge >= 0.3 is 0 Å². The molecule has 0 N–H and O–H groups in total. The van der Waals surface area contributed by atoms with Gasteiger partial charge in [0.1, 0.15) is 17.8 Å². The molecule has 0 aliphatic carbocycles. The summed E-state index contributed by atoms with van der Waals surface area (Å²) in [6.45, 7) is 2.15. The molecule has 0 aliphatic rings. The summed E-state index contributed by atoms with van der Waals surface area (Å²) in [6.07, 6.45) is 3.47. The summed E-state index contributed by atoms with van der Waals surface area (Å²) in [7, 11) is 3.60. The predicted octanol–water partition coefficient (Wildman–Crippen LogP) is 3.92. The molecule has 4 rings (SSSR count). The van der Waals surface area contributed by atoms with Crippen molar-refractivity contribution in [3.63, 3.8) is 0 Å². The van der Waals surface area contributed by atoms with Crippen LogP contribution >= 0.6 is 11.8 Å². The van der Waals surface area contributed by atoms with E-state index in [0.717, 1.165) is 27.9 Å². The first-order valence-corrected chi connectivity index (χ1v) is 9.70. The van der Waals surface area contributed by atoms with Crippen molar-refractivity contribution in [1.29, 1.82) is 0 Å². The second-order valence-electron chi connectivity index (χ2n) is 6.33. The lowest BCUT2D eigenvalue weighted by Gasteiger charge is -2.12. The average molecular weight is 392 g/mol. The Morgan fingerprint density at radius 3 is 2.75 bits per heavy atom. The van der Waals surface area contributed by atoms with Crippen LogP contribution in [0, 0.1) is 0 Å². The average Bonchev–Trinajstić information content (AvgIpc) is 3.38. The molecule has 0 spiro atoms. The minimum absolute atomic E-state index is 0.219. The zero-order valence-corrected chi connectivity index (χ0v) is 16.7. The monoisotopic (exact) mass is 392 g/mol. The largest absolute Gasteiger partial charge is 0.497 e. The highest BCUT2D eigenvalue weighted by Gasteiger charge is 2.13. The minimum atomic E-state index is 0.219. The highest BCUT2D eigenvalue weighted by atomic mass is 32.2. The van der Waals surface area contributed by atoms with Gasteiger partial charge in [0.2, 0.25) is 0 Å². The van der Waals surface area contributed by atoms with Crippen molar-refractivity contribution in [2.24, 2.45) is 7.05 Å². The number of benzene rings is 2. The van der Waals surface area contributed by atoms with Gasteiger partial charge in [-0.2, -0.15) is 9.90 Å². The van der Waals surface area contributed by atoms with Crippen LogP contribution in [0.2, 0.25) is 0 Å². The van der Waals surface area contributed by atoms with Gasteiger partial charge in [0.05, 0.1) is 19.0 Å². The molecule has 2 heterocycles. The van der Waals surface area contributed by atoms with Gasteiger partial charge in [-0.1, -0.05) is 36.0 Å². The topological polar surface area (TPSA) is 70.7 Å². The first-order valence-electron chi connectivity index (χ1n) is 8.82. The summed E-state index contributed by atoms with van der Waals surface area (Å²) < 4.78 is 7.21. The lowest BCUT2D eigenvalue weighted by Crippen LogP contribution is -2.01. The maximum Gasteiger partial charge on any atom is 0.191 e. The molecule has 2 aromatic heterocycles. The summed E-state index contributed by atoms with van der Waals surface area (Å²) >= 11 is 1.67. The molecule has 2 aromatic carbocycles. The molecule has 0 amide bonds. The van der Waals surface area contributed by atoms with Crippen LogP contribution in [0.3, 0.4) is 0 Å². The standard InChI is InChI=1S/C20H20N6OS/c1-14(28-20-23-21-13-25(20)2)15-6-4-8-17(10-15)26-22-12-19(24-26)16-7-5-9-18(11-16)27-3/h4-14H,1-3H3. The molecule has 0 saturated carbocycles. The Morgan fingerprint density at radius 1 is 1.11 bits per heavy atom. The number of methoxy groups -OCH3 is 1. The number of nitrogens with zero attached hydrogens (tertiary/aromatic N) is 6. The quantitative estimate of drug-likeness (QED) is 0.463. The van der Waals surface area contributed by atoms with Crippen LogP contribution in [-0.2, 0) is 7.05 Å². The molecule has 0 aliphatic heterocycles. The third-order valence-corrected chi connectivity index (χ3v) is 5.59. The molecular formula is C20H20N6OS. The molecule has 0 bridgehead atoms. The van der Waals surface area contributed by atoms with Crippen molar-refractivity contribution in [2.75, 3.05) is 7.11 Å². The second kappa shape index (κ2) is 7.85. The van der Waals surface area contributed by atoms with Gasteiger partial charge in [0.15, 0.2) is 5.16 Å². The van der Waals surface area contributed by atoms with Crippen LogP contribution in [0.25, 0.3) is 16.9 Å². The molecule has 0 radical (unpaired) electrons. The van der Waals surface area contributed by atoms with Gasteiger partial charge in [0, 0.05) is 17.9 Å². The zero-order chi connectivity index (χ0) is 19.5. The van der Waals surface area contributed by atoms with Gasteiger partial charge in [0.25, 0.3) is 0 Å². The van der Waals surface area contributed by atoms with Gasteiger partial charge in [-0.15, -0.1) is 15.3 Å². The Labute approximate surface area is 167 Å². The lowest BCUT2D eigenvalue weighted by molar-refractivity contribution is 0.415. The second-order valence-corrected chi connectivity index (χ2v) is 7.64. The van der Waals surface area contributed by atoms with Gasteiger partial charge in [-0.3, -0.25) is 0 Å². The molecule has 7 nitrogen and oxygen atoms in total. The fourth-order valence-electron chi connectivity index (χ4n) is 2.81. The van der Waals surface area contributed by atoms with E-state index in [1.807, 2.05) is 48.0 Å². The molecule has 0 fully saturated rings. The lowest BCUT2D eigenvalue weighted by atomic mass is 10.1. The molecule has 1 unspecified atom stereocenters. The molecule has 8 heteroatoms. The normalized spacial score (nSPS) is 12.1. The van der Waals surface area contributed by atoms with Crippen LogP contribution in [0.15, 0.2) is 66.2 Å². The summed E-state index contributed by atoms with van der Waals surface area (Å²) in [6, 6.07) is 16.0. The molecular weight excluding hydrogens is 372 g/mol. The highest BCUT2D eigenvalue weighted by Crippen LogP contribution is 2.33. The van der Waals surface area contributed by atoms with Gasteiger partial charge in [-0.25, -0.2) is 0 Å². The smallest absolute Gasteiger partial charge is 0.191 e. The SMILES string of the molecule is COc1cccc(-c2cnn(-c3cccc(C(C)Sc4nncn4C)c3)n2)c1. The van der Waals surface area contributed by atoms with E-state index >= 15 is 0 Å². The maximum atomic E-state index is 5.29. The molecule has 1 atom stereocenters. The Kier molecular flexibility index (Phi) is 5.12. The van der Waals surface area contributed by atoms with Crippen LogP contribution in [0.1, 0.15) is 17.7 Å². The first-order chi connectivity index (χ1) is 13.6. The number of hydrogen-bond acceptors (Lipinski definition) is 6. The van der Waals surface area contributed by atoms with E-state index < -0.39 is 0 Å². The third kappa shape index (κ3) is 3.77. The van der Waals surface area contributed by atoms with Crippen LogP contribution in [0.5, 0.6) is 5.75 Å². The van der Waals surface area contributed by atoms with E-state index in [1.54, 1.807) is 36.2 Å². The van der Waals surface area contributed by atoms with Crippen LogP contribution in [-0.4, -0.2) is 36.9 Å². The first kappa shape index (κ1) is 18.2. The molecule has 142 valence electrons. The maximum absolute atomic E-state index is 5.29. The Balaban J connectivity index is 1.58. The van der Waals surface area contributed by atoms with Gasteiger partial charge in [-0.05, 0) is 36.8 Å². The summed E-state index contributed by atoms with van der Waals surface area (Å²) in [5.41, 5.74) is 3.85. The number of aromatic nitrogens is 6. The van der Waals surface area contributed by atoms with Crippen molar-refractivity contribution < 1.29 is 4.74 Å². The number of thioether (sulfide) groups is 1. The number of aryl methyl sites for hydroxylation is 1. The van der Waals surface area contributed by atoms with Crippen molar-refractivity contribution in [3.05, 3.63) is 66.6 Å². The Morgan fingerprint density at radius 2 is 1.96 bits per heavy atom. The fraction of sp³-hybridized carbons (Fsp3) is 0.200. The van der Waals surface area contributed by atoms with Crippen molar-refractivity contribution in [2.45, 2.75) is 17.3 Å². The highest BCUT2D eigenvalue weighted by molar-refractivity contribution is 7.99. The van der Waals surface area contributed by atoms with Crippen molar-refractivity contribution in [1.82, 2.24) is 29.8 Å². The molecule has 0 saturated heterocycles. The number of rotatable bonds is 6. The molecule has 4 aromatic rings. The summed E-state index contributed by atoms with van der Waals surface area (Å²) in [5, 5.41) is 18.3. The molecule has 28 heavy (non-hydrogen) atoms. The summed E-state index contributed by atoms with van der Waals surface area (Å²) in [4.78, 5) is 1.65. The fourth-order valence-corrected chi connectivity index (χ4v) is 3.72. The van der Waals surface area contributed by atoms with E-state index in [-0.39, 0.29) is 5.25 Å². The number of ether oxygens (including phenoxy) is 1. The Bertz CT molecular complexity index is 1090. The zero-order valence-electron chi connectivity index (χ0n) is 15.9. The minimum Gasteiger partial charge on any atom is -0.497 e. The Hall–Kier alpha value is -3.13. The third-order valence-electron chi connectivity index (χ3n) is 4.38. The van der Waals surface area contributed by atoms with Crippen molar-refractivity contribution >= 4 is 11.8 Å².